The minimum Gasteiger partial charge on any atom is -0.395 e. The fourth-order valence-electron chi connectivity index (χ4n) is 5.82. The van der Waals surface area contributed by atoms with E-state index in [1.165, 1.54) is 9.80 Å². The molecule has 2 unspecified atom stereocenters. The lowest BCUT2D eigenvalue weighted by Crippen LogP contribution is -2.57. The number of fused-ring (bicyclic) bond motifs is 1. The van der Waals surface area contributed by atoms with Gasteiger partial charge in [0.25, 0.3) is 5.91 Å². The van der Waals surface area contributed by atoms with Crippen molar-refractivity contribution < 1.29 is 24.2 Å². The number of carbonyl (C=O) groups is 3. The van der Waals surface area contributed by atoms with Crippen LogP contribution in [0.1, 0.15) is 12.8 Å². The Morgan fingerprint density at radius 1 is 1.24 bits per heavy atom. The van der Waals surface area contributed by atoms with Crippen LogP contribution in [0.25, 0.3) is 0 Å². The third-order valence-corrected chi connectivity index (χ3v) is 7.41. The van der Waals surface area contributed by atoms with E-state index in [0.29, 0.717) is 30.1 Å². The van der Waals surface area contributed by atoms with Gasteiger partial charge in [-0.25, -0.2) is 0 Å². The Morgan fingerprint density at radius 3 is 2.53 bits per heavy atom. The molecule has 0 saturated carbocycles. The molecule has 1 spiro atoms. The maximum Gasteiger partial charge on any atom is 0.253 e. The Morgan fingerprint density at radius 2 is 1.91 bits per heavy atom. The smallest absolute Gasteiger partial charge is 0.253 e. The first-order chi connectivity index (χ1) is 16.3. The molecule has 0 aromatic heterocycles. The summed E-state index contributed by atoms with van der Waals surface area (Å²) in [6.45, 7) is 7.70. The van der Waals surface area contributed by atoms with Crippen LogP contribution in [0, 0.1) is 11.8 Å². The van der Waals surface area contributed by atoms with Gasteiger partial charge < -0.3 is 24.5 Å². The van der Waals surface area contributed by atoms with Crippen molar-refractivity contribution >= 4 is 35.0 Å². The molecule has 34 heavy (non-hydrogen) atoms. The second-order valence-corrected chi connectivity index (χ2v) is 9.47. The number of carbonyl (C=O) groups excluding carboxylic acids is 3. The van der Waals surface area contributed by atoms with Crippen molar-refractivity contribution in [3.63, 3.8) is 0 Å². The van der Waals surface area contributed by atoms with Crippen molar-refractivity contribution in [2.24, 2.45) is 11.8 Å². The molecule has 0 aliphatic carbocycles. The number of hydrogen-bond donors (Lipinski definition) is 1. The number of amides is 3. The van der Waals surface area contributed by atoms with Gasteiger partial charge in [0.2, 0.25) is 11.8 Å². The van der Waals surface area contributed by atoms with Crippen LogP contribution in [0.15, 0.2) is 49.6 Å². The van der Waals surface area contributed by atoms with E-state index in [9.17, 15) is 19.5 Å². The van der Waals surface area contributed by atoms with Gasteiger partial charge in [0, 0.05) is 37.4 Å². The number of likely N-dealkylation sites (N-methyl/N-ethyl adjacent to an activating group) is 1. The zero-order valence-electron chi connectivity index (χ0n) is 19.2. The summed E-state index contributed by atoms with van der Waals surface area (Å²) < 4.78 is 6.40. The Kier molecular flexibility index (Phi) is 6.85. The average molecular weight is 488 g/mol. The van der Waals surface area contributed by atoms with E-state index in [-0.39, 0.29) is 37.4 Å². The van der Waals surface area contributed by atoms with Crippen LogP contribution in [0.3, 0.4) is 0 Å². The highest BCUT2D eigenvalue weighted by molar-refractivity contribution is 6.30. The number of β-amino-alcohol motifs (C(OH)–C–C–N with tert-alkyl or cyclic N) is 1. The maximum atomic E-state index is 14.1. The zero-order valence-corrected chi connectivity index (χ0v) is 20.0. The number of aliphatic hydroxyl groups is 1. The molecule has 1 N–H and O–H groups in total. The van der Waals surface area contributed by atoms with Crippen molar-refractivity contribution in [1.29, 1.82) is 0 Å². The van der Waals surface area contributed by atoms with Crippen molar-refractivity contribution in [2.45, 2.75) is 30.6 Å². The van der Waals surface area contributed by atoms with E-state index in [2.05, 4.69) is 13.2 Å². The van der Waals surface area contributed by atoms with E-state index >= 15 is 0 Å². The molecule has 1 aromatic rings. The standard InChI is InChI=1S/C25H30ClN3O5/c1-4-12-27(3)22(31)19-18-10-11-25(34-18)20(19)23(32)29(14-15-30)21(25)24(33)28(13-5-2)17-8-6-16(26)7-9-17/h4-9,18-21,30H,1-2,10-15H2,3H3/t18-,19+,20-,21?,25?/m0/s1. The van der Waals surface area contributed by atoms with Crippen LogP contribution in [0.5, 0.6) is 0 Å². The molecule has 5 atom stereocenters. The van der Waals surface area contributed by atoms with Gasteiger partial charge in [-0.1, -0.05) is 23.8 Å². The molecular formula is C25H30ClN3O5. The van der Waals surface area contributed by atoms with Gasteiger partial charge in [0.15, 0.2) is 0 Å². The zero-order chi connectivity index (χ0) is 24.6. The molecule has 3 aliphatic heterocycles. The summed E-state index contributed by atoms with van der Waals surface area (Å²) in [5, 5.41) is 10.3. The van der Waals surface area contributed by atoms with Crippen LogP contribution >= 0.6 is 11.6 Å². The predicted molar refractivity (Wildman–Crippen MR) is 128 cm³/mol. The minimum absolute atomic E-state index is 0.0204. The minimum atomic E-state index is -1.12. The summed E-state index contributed by atoms with van der Waals surface area (Å²) in [5.74, 6) is -2.30. The molecule has 3 amide bonds. The highest BCUT2D eigenvalue weighted by Crippen LogP contribution is 2.58. The van der Waals surface area contributed by atoms with E-state index in [4.69, 9.17) is 16.3 Å². The molecule has 1 aromatic carbocycles. The van der Waals surface area contributed by atoms with Crippen LogP contribution in [0.4, 0.5) is 5.69 Å². The van der Waals surface area contributed by atoms with Crippen LogP contribution in [-0.4, -0.2) is 83.7 Å². The molecule has 3 aliphatic rings. The van der Waals surface area contributed by atoms with Crippen LogP contribution in [0.2, 0.25) is 5.02 Å². The number of halogens is 1. The van der Waals surface area contributed by atoms with Crippen LogP contribution < -0.4 is 4.90 Å². The fourth-order valence-corrected chi connectivity index (χ4v) is 5.95. The first kappa shape index (κ1) is 24.4. The molecule has 3 heterocycles. The fraction of sp³-hybridized carbons (Fsp3) is 0.480. The number of rotatable bonds is 9. The summed E-state index contributed by atoms with van der Waals surface area (Å²) in [6, 6.07) is 5.88. The number of aliphatic hydroxyl groups excluding tert-OH is 1. The summed E-state index contributed by atoms with van der Waals surface area (Å²) in [4.78, 5) is 45.5. The van der Waals surface area contributed by atoms with Gasteiger partial charge >= 0.3 is 0 Å². The number of nitrogens with zero attached hydrogens (tertiary/aromatic N) is 3. The maximum absolute atomic E-state index is 14.1. The SMILES string of the molecule is C=CCN(C)C(=O)[C@@H]1[C@@H]2CCC3(O2)C(C(=O)N(CC=C)c2ccc(Cl)cc2)N(CCO)C(=O)[C@H]13. The normalized spacial score (nSPS) is 29.1. The highest BCUT2D eigenvalue weighted by Gasteiger charge is 2.74. The van der Waals surface area contributed by atoms with Gasteiger partial charge in [-0.2, -0.15) is 0 Å². The van der Waals surface area contributed by atoms with Gasteiger partial charge in [-0.05, 0) is 37.1 Å². The predicted octanol–water partition coefficient (Wildman–Crippen LogP) is 1.87. The monoisotopic (exact) mass is 487 g/mol. The lowest BCUT2D eigenvalue weighted by molar-refractivity contribution is -0.144. The Balaban J connectivity index is 1.74. The molecule has 0 radical (unpaired) electrons. The molecule has 2 bridgehead atoms. The second-order valence-electron chi connectivity index (χ2n) is 9.03. The molecule has 9 heteroatoms. The molecule has 3 fully saturated rings. The van der Waals surface area contributed by atoms with Crippen molar-refractivity contribution in [3.8, 4) is 0 Å². The first-order valence-electron chi connectivity index (χ1n) is 11.4. The van der Waals surface area contributed by atoms with E-state index in [1.807, 2.05) is 0 Å². The topological polar surface area (TPSA) is 90.4 Å². The number of anilines is 1. The molecule has 3 saturated heterocycles. The van der Waals surface area contributed by atoms with E-state index in [1.54, 1.807) is 48.4 Å². The Hall–Kier alpha value is -2.68. The molecule has 4 rings (SSSR count). The molecule has 8 nitrogen and oxygen atoms in total. The lowest BCUT2D eigenvalue weighted by Gasteiger charge is -2.36. The van der Waals surface area contributed by atoms with E-state index in [0.717, 1.165) is 0 Å². The number of ether oxygens (including phenoxy) is 1. The number of benzene rings is 1. The first-order valence-corrected chi connectivity index (χ1v) is 11.8. The summed E-state index contributed by atoms with van der Waals surface area (Å²) in [7, 11) is 1.67. The van der Waals surface area contributed by atoms with Gasteiger partial charge in [-0.15, -0.1) is 13.2 Å². The summed E-state index contributed by atoms with van der Waals surface area (Å²) >= 11 is 6.03. The lowest BCUT2D eigenvalue weighted by atomic mass is 9.70. The Bertz CT molecular complexity index is 999. The quantitative estimate of drug-likeness (QED) is 0.537. The van der Waals surface area contributed by atoms with Gasteiger partial charge in [-0.3, -0.25) is 14.4 Å². The highest BCUT2D eigenvalue weighted by atomic mass is 35.5. The number of hydrogen-bond acceptors (Lipinski definition) is 5. The van der Waals surface area contributed by atoms with Crippen molar-refractivity contribution in [1.82, 2.24) is 9.80 Å². The Labute approximate surface area is 204 Å². The van der Waals surface area contributed by atoms with Crippen molar-refractivity contribution in [3.05, 3.63) is 54.6 Å². The van der Waals surface area contributed by atoms with Gasteiger partial charge in [0.1, 0.15) is 11.6 Å². The van der Waals surface area contributed by atoms with Crippen LogP contribution in [-0.2, 0) is 19.1 Å². The van der Waals surface area contributed by atoms with Crippen molar-refractivity contribution in [2.75, 3.05) is 38.2 Å². The van der Waals surface area contributed by atoms with E-state index < -0.39 is 29.6 Å². The number of likely N-dealkylation sites (tertiary alicyclic amines) is 1. The third-order valence-electron chi connectivity index (χ3n) is 7.16. The largest absolute Gasteiger partial charge is 0.395 e. The molecule has 182 valence electrons. The van der Waals surface area contributed by atoms with Gasteiger partial charge in [0.05, 0.1) is 24.5 Å². The molecular weight excluding hydrogens is 458 g/mol. The summed E-state index contributed by atoms with van der Waals surface area (Å²) in [5.41, 5.74) is -0.508. The average Bonchev–Trinajstić information content (AvgIpc) is 3.45. The third kappa shape index (κ3) is 3.74. The summed E-state index contributed by atoms with van der Waals surface area (Å²) in [6.07, 6.45) is 3.88. The second kappa shape index (κ2) is 9.52.